The number of halogens is 4. The van der Waals surface area contributed by atoms with Crippen LogP contribution in [0.15, 0.2) is 42.0 Å². The van der Waals surface area contributed by atoms with E-state index in [0.29, 0.717) is 12.5 Å². The number of methoxy groups -OCH3 is 1. The van der Waals surface area contributed by atoms with Crippen molar-refractivity contribution >= 4 is 11.9 Å². The van der Waals surface area contributed by atoms with Crippen molar-refractivity contribution in [2.24, 2.45) is 0 Å². The van der Waals surface area contributed by atoms with Crippen molar-refractivity contribution < 1.29 is 41.7 Å². The molecular formula is C22H25F4NO5. The number of hydrogen-bond donors (Lipinski definition) is 2. The maximum atomic E-state index is 13.5. The second-order valence-electron chi connectivity index (χ2n) is 7.88. The van der Waals surface area contributed by atoms with Crippen molar-refractivity contribution in [1.82, 2.24) is 5.32 Å². The van der Waals surface area contributed by atoms with E-state index in [1.54, 1.807) is 18.2 Å². The molecule has 176 valence electrons. The molecule has 2 N–H and O–H groups in total. The summed E-state index contributed by atoms with van der Waals surface area (Å²) in [6.45, 7) is 2.68. The topological polar surface area (TPSA) is 84.9 Å². The van der Waals surface area contributed by atoms with Gasteiger partial charge in [0.25, 0.3) is 5.91 Å². The van der Waals surface area contributed by atoms with E-state index < -0.39 is 47.2 Å². The Morgan fingerprint density at radius 2 is 1.94 bits per heavy atom. The maximum absolute atomic E-state index is 13.5. The van der Waals surface area contributed by atoms with Crippen LogP contribution < -0.4 is 5.32 Å². The van der Waals surface area contributed by atoms with Gasteiger partial charge in [0.1, 0.15) is 11.4 Å². The van der Waals surface area contributed by atoms with Crippen LogP contribution in [0.3, 0.4) is 0 Å². The lowest BCUT2D eigenvalue weighted by atomic mass is 9.96. The molecule has 1 amide bonds. The number of amides is 1. The second-order valence-corrected chi connectivity index (χ2v) is 7.88. The Morgan fingerprint density at radius 3 is 2.53 bits per heavy atom. The largest absolute Gasteiger partial charge is 0.479 e. The lowest BCUT2D eigenvalue weighted by Gasteiger charge is -2.30. The van der Waals surface area contributed by atoms with E-state index >= 15 is 0 Å². The van der Waals surface area contributed by atoms with Gasteiger partial charge in [-0.15, -0.1) is 0 Å². The molecule has 0 saturated carbocycles. The van der Waals surface area contributed by atoms with Gasteiger partial charge in [0.15, 0.2) is 6.10 Å². The molecule has 0 bridgehead atoms. The number of carbonyl (C=O) groups excluding carboxylic acids is 1. The lowest BCUT2D eigenvalue weighted by Crippen LogP contribution is -2.46. The molecule has 32 heavy (non-hydrogen) atoms. The minimum absolute atomic E-state index is 0.0384. The first-order valence-electron chi connectivity index (χ1n) is 9.76. The van der Waals surface area contributed by atoms with Gasteiger partial charge in [-0.05, 0) is 44.0 Å². The predicted molar refractivity (Wildman–Crippen MR) is 107 cm³/mol. The van der Waals surface area contributed by atoms with E-state index in [9.17, 15) is 27.2 Å². The maximum Gasteiger partial charge on any atom is 0.416 e. The quantitative estimate of drug-likeness (QED) is 0.546. The van der Waals surface area contributed by atoms with Crippen LogP contribution in [-0.4, -0.2) is 41.9 Å². The number of nitrogens with one attached hydrogen (secondary N) is 1. The molecule has 10 heteroatoms. The van der Waals surface area contributed by atoms with Crippen molar-refractivity contribution in [2.75, 3.05) is 7.11 Å². The fraction of sp³-hybridized carbons (Fsp3) is 0.455. The average Bonchev–Trinajstić information content (AvgIpc) is 2.68. The number of hydrogen-bond acceptors (Lipinski definition) is 4. The van der Waals surface area contributed by atoms with Gasteiger partial charge in [-0.1, -0.05) is 23.8 Å². The van der Waals surface area contributed by atoms with E-state index in [0.717, 1.165) is 17.7 Å². The summed E-state index contributed by atoms with van der Waals surface area (Å²) in [7, 11) is 1.30. The summed E-state index contributed by atoms with van der Waals surface area (Å²) in [5.74, 6) is -2.74. The highest BCUT2D eigenvalue weighted by atomic mass is 19.4. The zero-order chi connectivity index (χ0) is 24.1. The first-order chi connectivity index (χ1) is 14.8. The fourth-order valence-corrected chi connectivity index (χ4v) is 3.20. The normalized spacial score (nSPS) is 17.6. The van der Waals surface area contributed by atoms with Crippen LogP contribution in [0.1, 0.15) is 37.8 Å². The summed E-state index contributed by atoms with van der Waals surface area (Å²) in [4.78, 5) is 23.7. The van der Waals surface area contributed by atoms with E-state index in [2.05, 4.69) is 5.32 Å². The average molecular weight is 459 g/mol. The van der Waals surface area contributed by atoms with Crippen LogP contribution in [0.5, 0.6) is 0 Å². The number of allylic oxidation sites excluding steroid dienone is 2. The molecule has 1 aromatic carbocycles. The number of carboxylic acid groups (broad SMARTS) is 1. The highest BCUT2D eigenvalue weighted by Gasteiger charge is 2.33. The number of carbonyl (C=O) groups is 2. The number of alkyl halides is 3. The summed E-state index contributed by atoms with van der Waals surface area (Å²) in [5, 5.41) is 11.6. The number of benzene rings is 1. The van der Waals surface area contributed by atoms with Gasteiger partial charge in [-0.3, -0.25) is 4.79 Å². The summed E-state index contributed by atoms with van der Waals surface area (Å²) in [5.41, 5.74) is -1.77. The SMILES string of the molecule is CO[C@@H](CC1=CC=CC(OC(C)(C)C(=O)NCc2cc(F)cc(C(F)(F)F)c2)C1)C(=O)O. The van der Waals surface area contributed by atoms with Crippen LogP contribution in [0.4, 0.5) is 17.6 Å². The lowest BCUT2D eigenvalue weighted by molar-refractivity contribution is -0.148. The van der Waals surface area contributed by atoms with Crippen molar-refractivity contribution in [3.8, 4) is 0 Å². The van der Waals surface area contributed by atoms with Gasteiger partial charge in [0, 0.05) is 20.1 Å². The Balaban J connectivity index is 1.97. The molecule has 1 aliphatic carbocycles. The van der Waals surface area contributed by atoms with Crippen molar-refractivity contribution in [2.45, 2.75) is 57.2 Å². The smallest absolute Gasteiger partial charge is 0.416 e. The van der Waals surface area contributed by atoms with Crippen LogP contribution in [0.2, 0.25) is 0 Å². The highest BCUT2D eigenvalue weighted by Crippen LogP contribution is 2.30. The third-order valence-corrected chi connectivity index (χ3v) is 4.86. The van der Waals surface area contributed by atoms with Crippen LogP contribution in [-0.2, 0) is 31.8 Å². The summed E-state index contributed by atoms with van der Waals surface area (Å²) in [6.07, 6.45) is -0.566. The molecule has 2 atom stereocenters. The van der Waals surface area contributed by atoms with Crippen molar-refractivity contribution in [3.63, 3.8) is 0 Å². The van der Waals surface area contributed by atoms with Gasteiger partial charge in [-0.25, -0.2) is 9.18 Å². The zero-order valence-corrected chi connectivity index (χ0v) is 17.8. The Morgan fingerprint density at radius 1 is 1.25 bits per heavy atom. The Labute approximate surface area is 182 Å². The van der Waals surface area contributed by atoms with Crippen molar-refractivity contribution in [3.05, 3.63) is 58.9 Å². The molecular weight excluding hydrogens is 434 g/mol. The Hall–Kier alpha value is -2.72. The van der Waals surface area contributed by atoms with Gasteiger partial charge >= 0.3 is 12.1 Å². The molecule has 6 nitrogen and oxygen atoms in total. The molecule has 1 unspecified atom stereocenters. The second kappa shape index (κ2) is 10.3. The minimum Gasteiger partial charge on any atom is -0.479 e. The molecule has 0 fully saturated rings. The van der Waals surface area contributed by atoms with Crippen molar-refractivity contribution in [1.29, 1.82) is 0 Å². The molecule has 0 radical (unpaired) electrons. The molecule has 0 aliphatic heterocycles. The van der Waals surface area contributed by atoms with E-state index in [1.165, 1.54) is 21.0 Å². The fourth-order valence-electron chi connectivity index (χ4n) is 3.20. The molecule has 1 aliphatic rings. The number of carboxylic acids is 1. The third kappa shape index (κ3) is 7.16. The molecule has 1 aromatic rings. The molecule has 0 saturated heterocycles. The van der Waals surface area contributed by atoms with Gasteiger partial charge in [0.05, 0.1) is 11.7 Å². The Kier molecular flexibility index (Phi) is 8.19. The minimum atomic E-state index is -4.70. The zero-order valence-electron chi connectivity index (χ0n) is 17.8. The van der Waals surface area contributed by atoms with Crippen LogP contribution in [0, 0.1) is 5.82 Å². The summed E-state index contributed by atoms with van der Waals surface area (Å²) in [6, 6.07) is 2.07. The number of rotatable bonds is 9. The van der Waals surface area contributed by atoms with Gasteiger partial charge in [0.2, 0.25) is 0 Å². The first kappa shape index (κ1) is 25.5. The van der Waals surface area contributed by atoms with E-state index in [1.807, 2.05) is 0 Å². The molecule has 0 heterocycles. The predicted octanol–water partition coefficient (Wildman–Crippen LogP) is 4.00. The third-order valence-electron chi connectivity index (χ3n) is 4.86. The van der Waals surface area contributed by atoms with E-state index in [4.69, 9.17) is 14.6 Å². The standard InChI is InChI=1S/C22H25F4NO5/c1-21(2,32-17-6-4-5-13(9-17)10-18(31-3)19(28)29)20(30)27-12-14-7-15(22(24,25)26)11-16(23)8-14/h4-8,11,17-18H,9-10,12H2,1-3H3,(H,27,30)(H,28,29)/t17?,18-/m0/s1. The first-order valence-corrected chi connectivity index (χ1v) is 9.76. The molecule has 0 aromatic heterocycles. The molecule has 0 spiro atoms. The van der Waals surface area contributed by atoms with Crippen LogP contribution >= 0.6 is 0 Å². The van der Waals surface area contributed by atoms with Gasteiger partial charge < -0.3 is 19.9 Å². The summed E-state index contributed by atoms with van der Waals surface area (Å²) < 4.78 is 62.9. The van der Waals surface area contributed by atoms with Gasteiger partial charge in [-0.2, -0.15) is 13.2 Å². The summed E-state index contributed by atoms with van der Waals surface area (Å²) >= 11 is 0. The highest BCUT2D eigenvalue weighted by molar-refractivity contribution is 5.84. The monoisotopic (exact) mass is 459 g/mol. The number of aliphatic carboxylic acids is 1. The van der Waals surface area contributed by atoms with E-state index in [-0.39, 0.29) is 18.5 Å². The number of ether oxygens (including phenoxy) is 2. The van der Waals surface area contributed by atoms with Crippen LogP contribution in [0.25, 0.3) is 0 Å². The Bertz CT molecular complexity index is 908. The molecule has 2 rings (SSSR count).